The average Bonchev–Trinajstić information content (AvgIpc) is 3.38. The van der Waals surface area contributed by atoms with Crippen molar-refractivity contribution in [2.75, 3.05) is 5.32 Å². The van der Waals surface area contributed by atoms with Crippen molar-refractivity contribution in [1.29, 1.82) is 0 Å². The second-order valence-corrected chi connectivity index (χ2v) is 7.67. The third-order valence-electron chi connectivity index (χ3n) is 5.37. The monoisotopic (exact) mass is 389 g/mol. The van der Waals surface area contributed by atoms with Crippen LogP contribution in [-0.2, 0) is 13.1 Å². The van der Waals surface area contributed by atoms with Crippen LogP contribution in [0, 0.1) is 0 Å². The summed E-state index contributed by atoms with van der Waals surface area (Å²) >= 11 is 0. The van der Waals surface area contributed by atoms with Gasteiger partial charge in [0.25, 0.3) is 5.91 Å². The van der Waals surface area contributed by atoms with Crippen molar-refractivity contribution in [2.45, 2.75) is 44.3 Å². The normalized spacial score (nSPS) is 18.6. The Kier molecular flexibility index (Phi) is 4.38. The molecule has 148 valence electrons. The fourth-order valence-electron chi connectivity index (χ4n) is 3.59. The third-order valence-corrected chi connectivity index (χ3v) is 5.37. The summed E-state index contributed by atoms with van der Waals surface area (Å²) in [7, 11) is 0. The molecule has 1 aliphatic heterocycles. The fourth-order valence-corrected chi connectivity index (χ4v) is 3.59. The summed E-state index contributed by atoms with van der Waals surface area (Å²) in [6.45, 7) is 5.41. The van der Waals surface area contributed by atoms with Gasteiger partial charge in [-0.1, -0.05) is 36.9 Å². The SMILES string of the molecule is C=C1Nc2cc(C3CC3)nn2CC[C@@H]1NC(=O)c1ncn(Cc2ccccc2)n1. The van der Waals surface area contributed by atoms with E-state index in [2.05, 4.69) is 33.4 Å². The lowest BCUT2D eigenvalue weighted by Crippen LogP contribution is -2.38. The van der Waals surface area contributed by atoms with Gasteiger partial charge in [-0.05, 0) is 24.8 Å². The number of fused-ring (bicyclic) bond motifs is 1. The number of aryl methyl sites for hydroxylation is 1. The molecule has 0 unspecified atom stereocenters. The van der Waals surface area contributed by atoms with Crippen molar-refractivity contribution in [3.8, 4) is 0 Å². The Balaban J connectivity index is 1.22. The highest BCUT2D eigenvalue weighted by atomic mass is 16.2. The van der Waals surface area contributed by atoms with Crippen LogP contribution in [0.25, 0.3) is 0 Å². The molecule has 0 saturated heterocycles. The molecule has 1 saturated carbocycles. The number of carbonyl (C=O) groups excluding carboxylic acids is 1. The van der Waals surface area contributed by atoms with E-state index in [1.807, 2.05) is 35.0 Å². The standard InChI is InChI=1S/C21H23N7O/c1-14-17(9-10-28-19(23-14)11-18(25-28)16-7-8-16)24-21(29)20-22-13-27(26-20)12-15-5-3-2-4-6-15/h2-6,11,13,16-17,23H,1,7-10,12H2,(H,24,29)/t17-/m0/s1. The van der Waals surface area contributed by atoms with Crippen LogP contribution in [0.3, 0.4) is 0 Å². The smallest absolute Gasteiger partial charge is 0.291 e. The Labute approximate surface area is 168 Å². The minimum atomic E-state index is -0.303. The molecule has 1 fully saturated rings. The van der Waals surface area contributed by atoms with Crippen molar-refractivity contribution in [1.82, 2.24) is 29.9 Å². The molecule has 0 bridgehead atoms. The Morgan fingerprint density at radius 2 is 2.03 bits per heavy atom. The summed E-state index contributed by atoms with van der Waals surface area (Å²) in [4.78, 5) is 16.8. The number of anilines is 1. The van der Waals surface area contributed by atoms with E-state index in [0.29, 0.717) is 18.9 Å². The van der Waals surface area contributed by atoms with Crippen molar-refractivity contribution in [3.05, 3.63) is 72.1 Å². The number of rotatable bonds is 5. The molecule has 2 aliphatic rings. The summed E-state index contributed by atoms with van der Waals surface area (Å²) in [5.74, 6) is 1.41. The maximum Gasteiger partial charge on any atom is 0.291 e. The molecular weight excluding hydrogens is 366 g/mol. The van der Waals surface area contributed by atoms with Gasteiger partial charge in [-0.25, -0.2) is 14.3 Å². The first-order valence-corrected chi connectivity index (χ1v) is 9.93. The van der Waals surface area contributed by atoms with Gasteiger partial charge >= 0.3 is 0 Å². The van der Waals surface area contributed by atoms with Gasteiger partial charge in [0.1, 0.15) is 12.1 Å². The third kappa shape index (κ3) is 3.78. The van der Waals surface area contributed by atoms with Crippen LogP contribution >= 0.6 is 0 Å². The van der Waals surface area contributed by atoms with Gasteiger partial charge in [0, 0.05) is 24.2 Å². The Morgan fingerprint density at radius 3 is 2.83 bits per heavy atom. The van der Waals surface area contributed by atoms with Gasteiger partial charge < -0.3 is 10.6 Å². The number of carbonyl (C=O) groups is 1. The van der Waals surface area contributed by atoms with Gasteiger partial charge in [0.2, 0.25) is 5.82 Å². The van der Waals surface area contributed by atoms with Gasteiger partial charge in [0.05, 0.1) is 18.3 Å². The van der Waals surface area contributed by atoms with Gasteiger partial charge in [-0.3, -0.25) is 4.79 Å². The molecule has 29 heavy (non-hydrogen) atoms. The van der Waals surface area contributed by atoms with Crippen molar-refractivity contribution >= 4 is 11.7 Å². The Bertz CT molecular complexity index is 1050. The second-order valence-electron chi connectivity index (χ2n) is 7.67. The summed E-state index contributed by atoms with van der Waals surface area (Å²) < 4.78 is 3.64. The predicted octanol–water partition coefficient (Wildman–Crippen LogP) is 2.53. The van der Waals surface area contributed by atoms with Gasteiger partial charge in [0.15, 0.2) is 0 Å². The lowest BCUT2D eigenvalue weighted by atomic mass is 10.1. The van der Waals surface area contributed by atoms with E-state index >= 15 is 0 Å². The number of nitrogens with zero attached hydrogens (tertiary/aromatic N) is 5. The first-order valence-electron chi connectivity index (χ1n) is 9.93. The van der Waals surface area contributed by atoms with Gasteiger partial charge in [-0.15, -0.1) is 5.10 Å². The Hall–Kier alpha value is -3.42. The van der Waals surface area contributed by atoms with Crippen molar-refractivity contribution in [3.63, 3.8) is 0 Å². The van der Waals surface area contributed by atoms with Crippen LogP contribution in [-0.4, -0.2) is 36.5 Å². The highest BCUT2D eigenvalue weighted by molar-refractivity contribution is 5.90. The van der Waals surface area contributed by atoms with Crippen LogP contribution in [0.4, 0.5) is 5.82 Å². The zero-order valence-electron chi connectivity index (χ0n) is 16.1. The van der Waals surface area contributed by atoms with Crippen molar-refractivity contribution < 1.29 is 4.79 Å². The number of hydrogen-bond donors (Lipinski definition) is 2. The van der Waals surface area contributed by atoms with Crippen LogP contribution in [0.2, 0.25) is 0 Å². The van der Waals surface area contributed by atoms with E-state index < -0.39 is 0 Å². The van der Waals surface area contributed by atoms with E-state index in [9.17, 15) is 4.79 Å². The highest BCUT2D eigenvalue weighted by Crippen LogP contribution is 2.40. The molecule has 8 nitrogen and oxygen atoms in total. The van der Waals surface area contributed by atoms with E-state index in [0.717, 1.165) is 29.3 Å². The predicted molar refractivity (Wildman–Crippen MR) is 108 cm³/mol. The maximum atomic E-state index is 12.7. The zero-order valence-corrected chi connectivity index (χ0v) is 16.1. The summed E-state index contributed by atoms with van der Waals surface area (Å²) in [5.41, 5.74) is 3.00. The highest BCUT2D eigenvalue weighted by Gasteiger charge is 2.29. The molecule has 5 rings (SSSR count). The van der Waals surface area contributed by atoms with Crippen LogP contribution < -0.4 is 10.6 Å². The Morgan fingerprint density at radius 1 is 1.21 bits per heavy atom. The number of amides is 1. The van der Waals surface area contributed by atoms with E-state index in [1.165, 1.54) is 12.8 Å². The summed E-state index contributed by atoms with van der Waals surface area (Å²) in [6, 6.07) is 11.8. The van der Waals surface area contributed by atoms with E-state index in [1.54, 1.807) is 11.0 Å². The first-order chi connectivity index (χ1) is 14.2. The molecule has 1 aromatic carbocycles. The molecule has 3 aromatic rings. The summed E-state index contributed by atoms with van der Waals surface area (Å²) in [5, 5.41) is 15.3. The molecule has 1 aliphatic carbocycles. The van der Waals surface area contributed by atoms with Crippen LogP contribution in [0.5, 0.6) is 0 Å². The molecule has 8 heteroatoms. The summed E-state index contributed by atoms with van der Waals surface area (Å²) in [6.07, 6.45) is 4.73. The van der Waals surface area contributed by atoms with Crippen molar-refractivity contribution in [2.24, 2.45) is 0 Å². The molecule has 0 spiro atoms. The average molecular weight is 389 g/mol. The van der Waals surface area contributed by atoms with Crippen LogP contribution in [0.15, 0.2) is 55.0 Å². The van der Waals surface area contributed by atoms with E-state index in [-0.39, 0.29) is 17.8 Å². The maximum absolute atomic E-state index is 12.7. The molecule has 1 amide bonds. The molecule has 3 heterocycles. The topological polar surface area (TPSA) is 89.7 Å². The molecule has 2 aromatic heterocycles. The largest absolute Gasteiger partial charge is 0.343 e. The number of nitrogens with one attached hydrogen (secondary N) is 2. The molecular formula is C21H23N7O. The quantitative estimate of drug-likeness (QED) is 0.700. The van der Waals surface area contributed by atoms with E-state index in [4.69, 9.17) is 5.10 Å². The number of hydrogen-bond acceptors (Lipinski definition) is 5. The number of aromatic nitrogens is 5. The van der Waals surface area contributed by atoms with Crippen LogP contribution in [0.1, 0.15) is 47.1 Å². The second kappa shape index (κ2) is 7.20. The zero-order chi connectivity index (χ0) is 19.8. The van der Waals surface area contributed by atoms with Gasteiger partial charge in [-0.2, -0.15) is 5.10 Å². The number of benzene rings is 1. The lowest BCUT2D eigenvalue weighted by Gasteiger charge is -2.17. The molecule has 0 radical (unpaired) electrons. The minimum Gasteiger partial charge on any atom is -0.343 e. The molecule has 2 N–H and O–H groups in total. The lowest BCUT2D eigenvalue weighted by molar-refractivity contribution is 0.0930. The first kappa shape index (κ1) is 17.7. The fraction of sp³-hybridized carbons (Fsp3) is 0.333. The molecule has 1 atom stereocenters. The minimum absolute atomic E-state index is 0.159.